The van der Waals surface area contributed by atoms with E-state index in [9.17, 15) is 14.9 Å². The SMILES string of the molecule is COc1ccc(N(C(=O)OC(C)(C)C)c2nc3cc([N+](=O)[O-])ccc3n2C)cc1. The predicted molar refractivity (Wildman–Crippen MR) is 109 cm³/mol. The number of hydrogen-bond acceptors (Lipinski definition) is 6. The Balaban J connectivity index is 2.15. The number of rotatable bonds is 4. The summed E-state index contributed by atoms with van der Waals surface area (Å²) < 4.78 is 12.4. The number of nitrogens with zero attached hydrogens (tertiary/aromatic N) is 4. The Morgan fingerprint density at radius 2 is 1.83 bits per heavy atom. The van der Waals surface area contributed by atoms with Gasteiger partial charge in [-0.05, 0) is 51.1 Å². The van der Waals surface area contributed by atoms with Gasteiger partial charge in [0.25, 0.3) is 5.69 Å². The Labute approximate surface area is 167 Å². The minimum absolute atomic E-state index is 0.0737. The van der Waals surface area contributed by atoms with E-state index in [1.807, 2.05) is 0 Å². The molecule has 29 heavy (non-hydrogen) atoms. The van der Waals surface area contributed by atoms with Crippen molar-refractivity contribution in [3.8, 4) is 5.75 Å². The number of nitro groups is 1. The molecule has 0 bridgehead atoms. The van der Waals surface area contributed by atoms with Crippen LogP contribution in [0.25, 0.3) is 11.0 Å². The Hall–Kier alpha value is -3.62. The molecule has 0 aliphatic rings. The minimum atomic E-state index is -0.717. The van der Waals surface area contributed by atoms with Crippen molar-refractivity contribution < 1.29 is 19.2 Å². The first-order chi connectivity index (χ1) is 13.6. The second-order valence-corrected chi connectivity index (χ2v) is 7.41. The average molecular weight is 398 g/mol. The van der Waals surface area contributed by atoms with Gasteiger partial charge in [-0.1, -0.05) is 0 Å². The van der Waals surface area contributed by atoms with E-state index < -0.39 is 16.6 Å². The van der Waals surface area contributed by atoms with Crippen molar-refractivity contribution in [1.82, 2.24) is 9.55 Å². The van der Waals surface area contributed by atoms with E-state index in [0.717, 1.165) is 0 Å². The normalized spacial score (nSPS) is 11.3. The second kappa shape index (κ2) is 7.42. The zero-order chi connectivity index (χ0) is 21.3. The summed E-state index contributed by atoms with van der Waals surface area (Å²) in [6, 6.07) is 11.2. The Kier molecular flexibility index (Phi) is 5.15. The number of aryl methyl sites for hydroxylation is 1. The van der Waals surface area contributed by atoms with Crippen molar-refractivity contribution >= 4 is 34.4 Å². The molecule has 0 atom stereocenters. The minimum Gasteiger partial charge on any atom is -0.497 e. The molecule has 0 fully saturated rings. The molecule has 1 amide bonds. The molecular formula is C20H22N4O5. The van der Waals surface area contributed by atoms with E-state index in [1.54, 1.807) is 69.8 Å². The molecule has 0 aliphatic carbocycles. The highest BCUT2D eigenvalue weighted by Crippen LogP contribution is 2.32. The number of benzene rings is 2. The van der Waals surface area contributed by atoms with Gasteiger partial charge >= 0.3 is 6.09 Å². The molecule has 0 radical (unpaired) electrons. The fraction of sp³-hybridized carbons (Fsp3) is 0.300. The van der Waals surface area contributed by atoms with Gasteiger partial charge in [0.2, 0.25) is 5.95 Å². The zero-order valence-corrected chi connectivity index (χ0v) is 16.9. The summed E-state index contributed by atoms with van der Waals surface area (Å²) in [7, 11) is 3.29. The lowest BCUT2D eigenvalue weighted by molar-refractivity contribution is -0.384. The molecule has 1 heterocycles. The van der Waals surface area contributed by atoms with Crippen LogP contribution >= 0.6 is 0 Å². The third-order valence-corrected chi connectivity index (χ3v) is 4.16. The maximum atomic E-state index is 13.0. The number of anilines is 2. The van der Waals surface area contributed by atoms with Crippen molar-refractivity contribution in [2.24, 2.45) is 7.05 Å². The Bertz CT molecular complexity index is 1070. The standard InChI is InChI=1S/C20H22N4O5/c1-20(2,3)29-19(25)23(13-6-9-15(28-5)10-7-13)18-21-16-12-14(24(26)27)8-11-17(16)22(18)4/h6-12H,1-5H3. The summed E-state index contributed by atoms with van der Waals surface area (Å²) >= 11 is 0. The molecule has 3 aromatic rings. The van der Waals surface area contributed by atoms with Gasteiger partial charge in [-0.25, -0.2) is 14.7 Å². The second-order valence-electron chi connectivity index (χ2n) is 7.41. The molecular weight excluding hydrogens is 376 g/mol. The summed E-state index contributed by atoms with van der Waals surface area (Å²) in [6.45, 7) is 5.32. The largest absolute Gasteiger partial charge is 0.497 e. The van der Waals surface area contributed by atoms with Gasteiger partial charge in [-0.15, -0.1) is 0 Å². The maximum Gasteiger partial charge on any atom is 0.421 e. The summed E-state index contributed by atoms with van der Waals surface area (Å²) in [4.78, 5) is 29.4. The van der Waals surface area contributed by atoms with Crippen LogP contribution in [0.1, 0.15) is 20.8 Å². The van der Waals surface area contributed by atoms with Crippen LogP contribution in [-0.2, 0) is 11.8 Å². The fourth-order valence-corrected chi connectivity index (χ4v) is 2.83. The van der Waals surface area contributed by atoms with Crippen LogP contribution in [0.2, 0.25) is 0 Å². The van der Waals surface area contributed by atoms with E-state index in [1.165, 1.54) is 17.0 Å². The number of ether oxygens (including phenoxy) is 2. The number of non-ortho nitro benzene ring substituents is 1. The topological polar surface area (TPSA) is 99.7 Å². The van der Waals surface area contributed by atoms with Crippen LogP contribution in [0, 0.1) is 10.1 Å². The molecule has 0 N–H and O–H groups in total. The van der Waals surface area contributed by atoms with Gasteiger partial charge < -0.3 is 14.0 Å². The van der Waals surface area contributed by atoms with E-state index in [2.05, 4.69) is 4.98 Å². The number of imidazole rings is 1. The average Bonchev–Trinajstić information content (AvgIpc) is 2.97. The molecule has 152 valence electrons. The smallest absolute Gasteiger partial charge is 0.421 e. The van der Waals surface area contributed by atoms with Crippen LogP contribution < -0.4 is 9.64 Å². The van der Waals surface area contributed by atoms with E-state index in [4.69, 9.17) is 9.47 Å². The molecule has 0 saturated carbocycles. The lowest BCUT2D eigenvalue weighted by atomic mass is 10.2. The highest BCUT2D eigenvalue weighted by Gasteiger charge is 2.29. The summed E-state index contributed by atoms with van der Waals surface area (Å²) in [5.74, 6) is 0.915. The number of carbonyl (C=O) groups is 1. The van der Waals surface area contributed by atoms with Gasteiger partial charge in [0.05, 0.1) is 28.8 Å². The lowest BCUT2D eigenvalue weighted by Crippen LogP contribution is -2.35. The number of methoxy groups -OCH3 is 1. The maximum absolute atomic E-state index is 13.0. The van der Waals surface area contributed by atoms with Gasteiger partial charge in [-0.2, -0.15) is 0 Å². The van der Waals surface area contributed by atoms with Crippen molar-refractivity contribution in [1.29, 1.82) is 0 Å². The fourth-order valence-electron chi connectivity index (χ4n) is 2.83. The van der Waals surface area contributed by atoms with E-state index in [-0.39, 0.29) is 11.6 Å². The third kappa shape index (κ3) is 4.13. The first-order valence-corrected chi connectivity index (χ1v) is 8.89. The van der Waals surface area contributed by atoms with Crippen LogP contribution in [0.4, 0.5) is 22.1 Å². The van der Waals surface area contributed by atoms with Crippen LogP contribution in [0.15, 0.2) is 42.5 Å². The molecule has 0 aliphatic heterocycles. The first-order valence-electron chi connectivity index (χ1n) is 8.89. The quantitative estimate of drug-likeness (QED) is 0.472. The van der Waals surface area contributed by atoms with Crippen molar-refractivity contribution in [3.63, 3.8) is 0 Å². The highest BCUT2D eigenvalue weighted by atomic mass is 16.6. The van der Waals surface area contributed by atoms with Gasteiger partial charge in [-0.3, -0.25) is 10.1 Å². The van der Waals surface area contributed by atoms with Crippen LogP contribution in [0.3, 0.4) is 0 Å². The van der Waals surface area contributed by atoms with Crippen molar-refractivity contribution in [2.75, 3.05) is 12.0 Å². The van der Waals surface area contributed by atoms with Crippen LogP contribution in [-0.4, -0.2) is 33.3 Å². The third-order valence-electron chi connectivity index (χ3n) is 4.16. The molecule has 0 spiro atoms. The zero-order valence-electron chi connectivity index (χ0n) is 16.9. The Morgan fingerprint density at radius 3 is 2.38 bits per heavy atom. The van der Waals surface area contributed by atoms with Crippen molar-refractivity contribution in [3.05, 3.63) is 52.6 Å². The van der Waals surface area contributed by atoms with E-state index in [0.29, 0.717) is 22.5 Å². The summed E-state index contributed by atoms with van der Waals surface area (Å²) in [5.41, 5.74) is 0.778. The van der Waals surface area contributed by atoms with Gasteiger partial charge in [0.15, 0.2) is 0 Å². The molecule has 0 unspecified atom stereocenters. The van der Waals surface area contributed by atoms with Crippen LogP contribution in [0.5, 0.6) is 5.75 Å². The number of amides is 1. The number of hydrogen-bond donors (Lipinski definition) is 0. The van der Waals surface area contributed by atoms with Crippen molar-refractivity contribution in [2.45, 2.75) is 26.4 Å². The summed E-state index contributed by atoms with van der Waals surface area (Å²) in [5, 5.41) is 11.1. The van der Waals surface area contributed by atoms with Gasteiger partial charge in [0, 0.05) is 19.2 Å². The Morgan fingerprint density at radius 1 is 1.17 bits per heavy atom. The van der Waals surface area contributed by atoms with Gasteiger partial charge in [0.1, 0.15) is 11.4 Å². The molecule has 3 rings (SSSR count). The number of fused-ring (bicyclic) bond motifs is 1. The molecule has 2 aromatic carbocycles. The molecule has 1 aromatic heterocycles. The number of carbonyl (C=O) groups excluding carboxylic acids is 1. The monoisotopic (exact) mass is 398 g/mol. The first kappa shape index (κ1) is 20.1. The van der Waals surface area contributed by atoms with E-state index >= 15 is 0 Å². The molecule has 9 nitrogen and oxygen atoms in total. The molecule has 0 saturated heterocycles. The highest BCUT2D eigenvalue weighted by molar-refractivity contribution is 5.96. The predicted octanol–water partition coefficient (Wildman–Crippen LogP) is 4.56. The molecule has 9 heteroatoms. The number of nitro benzene ring substituents is 1. The lowest BCUT2D eigenvalue weighted by Gasteiger charge is -2.26. The number of aromatic nitrogens is 2. The summed E-state index contributed by atoms with van der Waals surface area (Å²) in [6.07, 6.45) is -0.615.